The third kappa shape index (κ3) is 7.86. The Labute approximate surface area is 217 Å². The second-order valence-electron chi connectivity index (χ2n) is 9.50. The van der Waals surface area contributed by atoms with E-state index in [1.807, 2.05) is 12.1 Å². The van der Waals surface area contributed by atoms with E-state index in [4.69, 9.17) is 5.90 Å². The minimum Gasteiger partial charge on any atom is -0.508 e. The number of carbonyl (C=O) groups excluding carboxylic acids is 2. The van der Waals surface area contributed by atoms with Crippen LogP contribution in [0.2, 0.25) is 0 Å². The maximum absolute atomic E-state index is 12.0. The van der Waals surface area contributed by atoms with Crippen molar-refractivity contribution in [1.82, 2.24) is 20.5 Å². The van der Waals surface area contributed by atoms with Gasteiger partial charge in [-0.1, -0.05) is 13.3 Å². The van der Waals surface area contributed by atoms with Gasteiger partial charge in [0.25, 0.3) is 0 Å². The smallest absolute Gasteiger partial charge is 0.248 e. The number of H-pyrrole nitrogens is 1. The number of amides is 2. The summed E-state index contributed by atoms with van der Waals surface area (Å²) in [6.45, 7) is 5.84. The zero-order valence-corrected chi connectivity index (χ0v) is 22.3. The molecule has 1 saturated heterocycles. The van der Waals surface area contributed by atoms with Crippen LogP contribution < -0.4 is 16.5 Å². The summed E-state index contributed by atoms with van der Waals surface area (Å²) < 4.78 is 0. The van der Waals surface area contributed by atoms with Crippen LogP contribution in [0.25, 0.3) is 10.9 Å². The third-order valence-electron chi connectivity index (χ3n) is 6.91. The van der Waals surface area contributed by atoms with E-state index >= 15 is 0 Å². The number of phenolic OH excluding ortho intramolecular Hbond substituents is 1. The monoisotopic (exact) mass is 519 g/mol. The maximum Gasteiger partial charge on any atom is 0.248 e. The Hall–Kier alpha value is -2.27. The molecule has 36 heavy (non-hydrogen) atoms. The lowest BCUT2D eigenvalue weighted by Gasteiger charge is -2.32. The summed E-state index contributed by atoms with van der Waals surface area (Å²) in [6.07, 6.45) is 8.33. The highest BCUT2D eigenvalue weighted by atomic mass is 32.2. The second-order valence-corrected chi connectivity index (χ2v) is 10.3. The van der Waals surface area contributed by atoms with Crippen LogP contribution in [0, 0.1) is 5.92 Å². The predicted molar refractivity (Wildman–Crippen MR) is 144 cm³/mol. The number of thioether (sulfide) groups is 1. The number of hydrogen-bond donors (Lipinski definition) is 5. The van der Waals surface area contributed by atoms with Gasteiger partial charge >= 0.3 is 0 Å². The van der Waals surface area contributed by atoms with E-state index in [9.17, 15) is 14.7 Å². The van der Waals surface area contributed by atoms with Gasteiger partial charge < -0.3 is 20.7 Å². The molecule has 2 amide bonds. The number of benzene rings is 1. The fourth-order valence-corrected chi connectivity index (χ4v) is 5.60. The van der Waals surface area contributed by atoms with Gasteiger partial charge in [-0.2, -0.15) is 0 Å². The quantitative estimate of drug-likeness (QED) is 0.147. The molecule has 1 fully saturated rings. The number of carbonyl (C=O) groups is 2. The van der Waals surface area contributed by atoms with Crippen molar-refractivity contribution in [2.45, 2.75) is 63.4 Å². The number of nitrogens with two attached hydrogens (primary N) is 1. The summed E-state index contributed by atoms with van der Waals surface area (Å²) in [5, 5.41) is 18.7. The molecule has 1 aliphatic heterocycles. The first-order valence-electron chi connectivity index (χ1n) is 12.9. The number of nitrogens with zero attached hydrogens (tertiary/aromatic N) is 1. The molecule has 0 aliphatic carbocycles. The van der Waals surface area contributed by atoms with Crippen LogP contribution in [0.15, 0.2) is 17.2 Å². The van der Waals surface area contributed by atoms with Crippen LogP contribution >= 0.6 is 11.8 Å². The van der Waals surface area contributed by atoms with Gasteiger partial charge in [0, 0.05) is 37.0 Å². The number of nitrogens with one attached hydrogen (secondary N) is 3. The molecule has 10 heteroatoms. The van der Waals surface area contributed by atoms with Crippen molar-refractivity contribution in [3.63, 3.8) is 0 Å². The first-order valence-corrected chi connectivity index (χ1v) is 14.2. The summed E-state index contributed by atoms with van der Waals surface area (Å²) in [4.78, 5) is 33.5. The van der Waals surface area contributed by atoms with E-state index in [1.54, 1.807) is 11.8 Å². The van der Waals surface area contributed by atoms with Crippen LogP contribution in [0.1, 0.15) is 56.6 Å². The summed E-state index contributed by atoms with van der Waals surface area (Å²) >= 11 is 1.73. The number of rotatable bonds is 14. The van der Waals surface area contributed by atoms with Gasteiger partial charge in [-0.3, -0.25) is 19.3 Å². The maximum atomic E-state index is 12.0. The second kappa shape index (κ2) is 14.5. The summed E-state index contributed by atoms with van der Waals surface area (Å²) in [6, 6.07) is 3.88. The van der Waals surface area contributed by atoms with Gasteiger partial charge in [0.2, 0.25) is 11.8 Å². The van der Waals surface area contributed by atoms with Gasteiger partial charge in [-0.05, 0) is 75.1 Å². The zero-order valence-electron chi connectivity index (χ0n) is 21.5. The fraction of sp³-hybridized carbons (Fsp3) is 0.615. The molecule has 0 spiro atoms. The molecule has 3 rings (SSSR count). The number of phenols is 1. The van der Waals surface area contributed by atoms with E-state index in [0.717, 1.165) is 62.8 Å². The molecule has 2 heterocycles. The minimum absolute atomic E-state index is 0.0123. The van der Waals surface area contributed by atoms with Crippen LogP contribution in [0.4, 0.5) is 0 Å². The summed E-state index contributed by atoms with van der Waals surface area (Å²) in [7, 11) is 0. The lowest BCUT2D eigenvalue weighted by atomic mass is 9.93. The number of hydrogen-bond acceptors (Lipinski definition) is 7. The van der Waals surface area contributed by atoms with E-state index in [-0.39, 0.29) is 18.4 Å². The highest BCUT2D eigenvalue weighted by Crippen LogP contribution is 2.36. The number of aromatic hydroxyl groups is 1. The average Bonchev–Trinajstić information content (AvgIpc) is 3.23. The van der Waals surface area contributed by atoms with E-state index in [0.29, 0.717) is 37.6 Å². The molecular weight excluding hydrogens is 478 g/mol. The highest BCUT2D eigenvalue weighted by molar-refractivity contribution is 7.98. The molecule has 0 atom stereocenters. The minimum atomic E-state index is -0.282. The molecule has 0 saturated carbocycles. The highest BCUT2D eigenvalue weighted by Gasteiger charge is 2.22. The number of aryl methyl sites for hydroxylation is 1. The van der Waals surface area contributed by atoms with Crippen LogP contribution in [-0.2, 0) is 27.4 Å². The Morgan fingerprint density at radius 1 is 1.19 bits per heavy atom. The average molecular weight is 520 g/mol. The molecule has 1 aromatic carbocycles. The Kier molecular flexibility index (Phi) is 11.4. The summed E-state index contributed by atoms with van der Waals surface area (Å²) in [5.41, 5.74) is 3.41. The van der Waals surface area contributed by atoms with Gasteiger partial charge in [-0.25, -0.2) is 5.90 Å². The molecule has 2 aromatic rings. The Balaban J connectivity index is 1.41. The van der Waals surface area contributed by atoms with Gasteiger partial charge in [0.15, 0.2) is 0 Å². The Morgan fingerprint density at radius 3 is 2.64 bits per heavy atom. The van der Waals surface area contributed by atoms with Crippen LogP contribution in [0.3, 0.4) is 0 Å². The summed E-state index contributed by atoms with van der Waals surface area (Å²) in [5.74, 6) is 5.52. The number of likely N-dealkylation sites (tertiary alicyclic amines) is 1. The number of aromatic amines is 1. The van der Waals surface area contributed by atoms with Gasteiger partial charge in [-0.15, -0.1) is 11.8 Å². The largest absolute Gasteiger partial charge is 0.508 e. The van der Waals surface area contributed by atoms with Crippen LogP contribution in [0.5, 0.6) is 5.75 Å². The molecule has 0 radical (unpaired) electrons. The first kappa shape index (κ1) is 28.3. The van der Waals surface area contributed by atoms with Crippen molar-refractivity contribution in [1.29, 1.82) is 0 Å². The van der Waals surface area contributed by atoms with Gasteiger partial charge in [0.05, 0.1) is 10.5 Å². The van der Waals surface area contributed by atoms with Gasteiger partial charge in [0.1, 0.15) is 12.4 Å². The molecular formula is C26H41N5O4S. The molecule has 1 aliphatic rings. The molecule has 0 unspecified atom stereocenters. The Bertz CT molecular complexity index is 1000. The SMILES string of the molecule is CCCc1c(SC)[nH]c2c(CN3CCC(CCNC(=O)CCCNC(=O)CON)CC3)c(O)ccc12. The van der Waals surface area contributed by atoms with Crippen molar-refractivity contribution < 1.29 is 19.5 Å². The fourth-order valence-electron chi connectivity index (χ4n) is 4.94. The number of aromatic nitrogens is 1. The van der Waals surface area contributed by atoms with E-state index in [2.05, 4.69) is 38.5 Å². The first-order chi connectivity index (χ1) is 17.5. The van der Waals surface area contributed by atoms with E-state index < -0.39 is 0 Å². The number of fused-ring (bicyclic) bond motifs is 1. The Morgan fingerprint density at radius 2 is 1.94 bits per heavy atom. The normalized spacial score (nSPS) is 14.9. The number of piperidine rings is 1. The lowest BCUT2D eigenvalue weighted by Crippen LogP contribution is -2.35. The molecule has 9 nitrogen and oxygen atoms in total. The van der Waals surface area contributed by atoms with Crippen LogP contribution in [-0.4, -0.2) is 65.8 Å². The molecule has 6 N–H and O–H groups in total. The molecule has 1 aromatic heterocycles. The van der Waals surface area contributed by atoms with Crippen molar-refractivity contribution in [3.05, 3.63) is 23.3 Å². The van der Waals surface area contributed by atoms with Crippen molar-refractivity contribution >= 4 is 34.5 Å². The topological polar surface area (TPSA) is 133 Å². The molecule has 200 valence electrons. The van der Waals surface area contributed by atoms with Crippen molar-refractivity contribution in [2.75, 3.05) is 39.0 Å². The third-order valence-corrected chi connectivity index (χ3v) is 7.67. The predicted octanol–water partition coefficient (Wildman–Crippen LogP) is 3.05. The van der Waals surface area contributed by atoms with Crippen molar-refractivity contribution in [2.24, 2.45) is 11.8 Å². The molecule has 0 bridgehead atoms. The van der Waals surface area contributed by atoms with Crippen molar-refractivity contribution in [3.8, 4) is 5.75 Å². The lowest BCUT2D eigenvalue weighted by molar-refractivity contribution is -0.126. The van der Waals surface area contributed by atoms with E-state index in [1.165, 1.54) is 16.0 Å². The standard InChI is InChI=1S/C26H41N5O4S/c1-3-5-20-19-7-8-22(32)21(25(19)30-26(20)36-2)16-31-14-10-18(11-15-31)9-13-29-23(33)6-4-12-28-24(34)17-35-27/h7-8,18,30,32H,3-6,9-17,27H2,1-2H3,(H,28,34)(H,29,33). The zero-order chi connectivity index (χ0) is 25.9.